The number of nitrogens with one attached hydrogen (secondary N) is 2. The van der Waals surface area contributed by atoms with Crippen LogP contribution in [0.15, 0.2) is 0 Å². The van der Waals surface area contributed by atoms with E-state index in [9.17, 15) is 14.4 Å². The maximum Gasteiger partial charge on any atom is 0.306 e. The van der Waals surface area contributed by atoms with E-state index in [4.69, 9.17) is 22.7 Å². The number of nitrogens with two attached hydrogens (primary N) is 1. The van der Waals surface area contributed by atoms with Gasteiger partial charge in [-0.05, 0) is 49.9 Å². The van der Waals surface area contributed by atoms with E-state index in [1.54, 1.807) is 0 Å². The minimum Gasteiger partial charge on any atom is -0.466 e. The van der Waals surface area contributed by atoms with E-state index in [-0.39, 0.29) is 18.0 Å². The number of carbonyl (C=O) groups is 3. The first-order valence-corrected chi connectivity index (χ1v) is 9.85. The van der Waals surface area contributed by atoms with E-state index in [1.807, 2.05) is 6.92 Å². The smallest absolute Gasteiger partial charge is 0.306 e. The lowest BCUT2D eigenvalue weighted by atomic mass is 9.95. The Balaban J connectivity index is 1.91. The zero-order chi connectivity index (χ0) is 19.1. The van der Waals surface area contributed by atoms with Crippen molar-refractivity contribution in [3.8, 4) is 0 Å². The third kappa shape index (κ3) is 5.50. The highest BCUT2D eigenvalue weighted by Crippen LogP contribution is 2.37. The van der Waals surface area contributed by atoms with Crippen molar-refractivity contribution in [2.75, 3.05) is 11.9 Å². The average Bonchev–Trinajstić information content (AvgIpc) is 2.95. The van der Waals surface area contributed by atoms with Gasteiger partial charge in [0.1, 0.15) is 5.00 Å². The summed E-state index contributed by atoms with van der Waals surface area (Å²) < 4.78 is 4.91. The first-order chi connectivity index (χ1) is 12.4. The predicted octanol–water partition coefficient (Wildman–Crippen LogP) is 2.27. The molecule has 0 saturated heterocycles. The Kier molecular flexibility index (Phi) is 7.52. The number of ether oxygens (including phenoxy) is 1. The second kappa shape index (κ2) is 9.63. The molecule has 0 aliphatic heterocycles. The number of hydrogen-bond donors (Lipinski definition) is 3. The van der Waals surface area contributed by atoms with Crippen LogP contribution < -0.4 is 16.4 Å². The molecule has 0 radical (unpaired) electrons. The molecule has 26 heavy (non-hydrogen) atoms. The van der Waals surface area contributed by atoms with Crippen LogP contribution in [0.4, 0.5) is 5.00 Å². The molecule has 0 fully saturated rings. The topological polar surface area (TPSA) is 111 Å². The summed E-state index contributed by atoms with van der Waals surface area (Å²) >= 11 is 6.59. The van der Waals surface area contributed by atoms with E-state index in [0.29, 0.717) is 17.2 Å². The summed E-state index contributed by atoms with van der Waals surface area (Å²) in [5, 5.41) is 6.07. The van der Waals surface area contributed by atoms with Gasteiger partial charge in [-0.25, -0.2) is 0 Å². The predicted molar refractivity (Wildman–Crippen MR) is 104 cm³/mol. The highest BCUT2D eigenvalue weighted by atomic mass is 32.1. The lowest BCUT2D eigenvalue weighted by molar-refractivity contribution is -0.144. The zero-order valence-electron chi connectivity index (χ0n) is 14.7. The number of aryl methyl sites for hydroxylation is 1. The van der Waals surface area contributed by atoms with Gasteiger partial charge in [0.15, 0.2) is 5.11 Å². The van der Waals surface area contributed by atoms with Gasteiger partial charge in [-0.15, -0.1) is 11.3 Å². The molecule has 1 aliphatic rings. The number of fused-ring (bicyclic) bond motifs is 1. The first-order valence-electron chi connectivity index (χ1n) is 8.63. The van der Waals surface area contributed by atoms with Crippen LogP contribution in [0.1, 0.15) is 59.8 Å². The number of rotatable bonds is 7. The molecule has 0 bridgehead atoms. The summed E-state index contributed by atoms with van der Waals surface area (Å²) in [5.41, 5.74) is 6.98. The van der Waals surface area contributed by atoms with Crippen molar-refractivity contribution in [1.82, 2.24) is 5.32 Å². The summed E-state index contributed by atoms with van der Waals surface area (Å²) in [7, 11) is 0. The summed E-state index contributed by atoms with van der Waals surface area (Å²) in [6.07, 6.45) is 4.56. The number of carbonyl (C=O) groups excluding carboxylic acids is 3. The van der Waals surface area contributed by atoms with Crippen LogP contribution in [0.25, 0.3) is 0 Å². The third-order valence-corrected chi connectivity index (χ3v) is 5.33. The number of thiocarbonyl (C=S) groups is 1. The summed E-state index contributed by atoms with van der Waals surface area (Å²) in [5.74, 6) is -1.31. The lowest BCUT2D eigenvalue weighted by Crippen LogP contribution is -2.34. The molecular weight excluding hydrogens is 374 g/mol. The summed E-state index contributed by atoms with van der Waals surface area (Å²) in [6, 6.07) is 0. The Bertz CT molecular complexity index is 715. The van der Waals surface area contributed by atoms with Crippen LogP contribution in [0.5, 0.6) is 0 Å². The minimum absolute atomic E-state index is 0.00567. The standard InChI is InChI=1S/C17H23N3O4S2/c1-2-9-24-13(22)8-7-12(21)19-17(25)20-16-14(15(18)23)10-5-3-4-6-11(10)26-16/h2-9H2,1H3,(H2,18,23)(H2,19,20,21,25). The second-order valence-electron chi connectivity index (χ2n) is 6.00. The molecule has 7 nitrogen and oxygen atoms in total. The van der Waals surface area contributed by atoms with Gasteiger partial charge in [-0.1, -0.05) is 6.92 Å². The highest BCUT2D eigenvalue weighted by molar-refractivity contribution is 7.80. The van der Waals surface area contributed by atoms with Crippen LogP contribution in [-0.2, 0) is 27.2 Å². The van der Waals surface area contributed by atoms with Crippen molar-refractivity contribution in [2.24, 2.45) is 5.73 Å². The number of primary amides is 1. The van der Waals surface area contributed by atoms with Crippen molar-refractivity contribution in [3.05, 3.63) is 16.0 Å². The number of amides is 2. The fraction of sp³-hybridized carbons (Fsp3) is 0.529. The molecule has 142 valence electrons. The van der Waals surface area contributed by atoms with Gasteiger partial charge in [0.2, 0.25) is 5.91 Å². The van der Waals surface area contributed by atoms with Gasteiger partial charge in [-0.2, -0.15) is 0 Å². The van der Waals surface area contributed by atoms with Gasteiger partial charge in [0.05, 0.1) is 18.6 Å². The molecule has 0 saturated carbocycles. The van der Waals surface area contributed by atoms with Gasteiger partial charge < -0.3 is 21.1 Å². The minimum atomic E-state index is -0.500. The van der Waals surface area contributed by atoms with Gasteiger partial charge >= 0.3 is 5.97 Å². The van der Waals surface area contributed by atoms with E-state index in [2.05, 4.69) is 10.6 Å². The van der Waals surface area contributed by atoms with Gasteiger partial charge in [-0.3, -0.25) is 14.4 Å². The summed E-state index contributed by atoms with van der Waals surface area (Å²) in [6.45, 7) is 2.24. The molecule has 1 aromatic rings. The first kappa shape index (κ1) is 20.3. The van der Waals surface area contributed by atoms with E-state index in [0.717, 1.165) is 42.5 Å². The normalized spacial score (nSPS) is 12.8. The molecule has 1 heterocycles. The molecule has 2 rings (SSSR count). The molecule has 0 spiro atoms. The molecule has 9 heteroatoms. The Labute approximate surface area is 161 Å². The van der Waals surface area contributed by atoms with Crippen molar-refractivity contribution in [3.63, 3.8) is 0 Å². The Hall–Kier alpha value is -2.00. The number of hydrogen-bond acceptors (Lipinski definition) is 6. The second-order valence-corrected chi connectivity index (χ2v) is 7.52. The van der Waals surface area contributed by atoms with Crippen LogP contribution >= 0.6 is 23.6 Å². The van der Waals surface area contributed by atoms with Crippen LogP contribution in [0.3, 0.4) is 0 Å². The van der Waals surface area contributed by atoms with E-state index >= 15 is 0 Å². The number of thiophene rings is 1. The Morgan fingerprint density at radius 3 is 2.65 bits per heavy atom. The van der Waals surface area contributed by atoms with Crippen molar-refractivity contribution >= 4 is 51.5 Å². The summed E-state index contributed by atoms with van der Waals surface area (Å²) in [4.78, 5) is 36.3. The molecule has 4 N–H and O–H groups in total. The monoisotopic (exact) mass is 397 g/mol. The molecule has 1 aromatic heterocycles. The van der Waals surface area contributed by atoms with Crippen molar-refractivity contribution < 1.29 is 19.1 Å². The Morgan fingerprint density at radius 1 is 1.23 bits per heavy atom. The maximum atomic E-state index is 11.9. The lowest BCUT2D eigenvalue weighted by Gasteiger charge is -2.11. The SMILES string of the molecule is CCCOC(=O)CCC(=O)NC(=S)Nc1sc2c(c1C(N)=O)CCCC2. The molecular formula is C17H23N3O4S2. The van der Waals surface area contributed by atoms with Crippen LogP contribution in [0, 0.1) is 0 Å². The van der Waals surface area contributed by atoms with E-state index < -0.39 is 17.8 Å². The molecule has 0 aromatic carbocycles. The third-order valence-electron chi connectivity index (χ3n) is 3.92. The average molecular weight is 398 g/mol. The molecule has 0 unspecified atom stereocenters. The fourth-order valence-electron chi connectivity index (χ4n) is 2.74. The number of esters is 1. The van der Waals surface area contributed by atoms with Gasteiger partial charge in [0, 0.05) is 11.3 Å². The number of anilines is 1. The van der Waals surface area contributed by atoms with Crippen LogP contribution in [-0.4, -0.2) is 29.5 Å². The quantitative estimate of drug-likeness (QED) is 0.481. The largest absolute Gasteiger partial charge is 0.466 e. The zero-order valence-corrected chi connectivity index (χ0v) is 16.3. The van der Waals surface area contributed by atoms with Crippen LogP contribution in [0.2, 0.25) is 0 Å². The van der Waals surface area contributed by atoms with Crippen molar-refractivity contribution in [2.45, 2.75) is 51.9 Å². The molecule has 0 atom stereocenters. The molecule has 2 amide bonds. The van der Waals surface area contributed by atoms with E-state index in [1.165, 1.54) is 11.3 Å². The fourth-order valence-corrected chi connectivity index (χ4v) is 4.32. The Morgan fingerprint density at radius 2 is 1.96 bits per heavy atom. The molecule has 1 aliphatic carbocycles. The van der Waals surface area contributed by atoms with Crippen molar-refractivity contribution in [1.29, 1.82) is 0 Å². The highest BCUT2D eigenvalue weighted by Gasteiger charge is 2.24. The maximum absolute atomic E-state index is 11.9. The van der Waals surface area contributed by atoms with Gasteiger partial charge in [0.25, 0.3) is 5.91 Å².